The summed E-state index contributed by atoms with van der Waals surface area (Å²) in [5.41, 5.74) is 0. The molecule has 0 aromatic carbocycles. The SMILES string of the molecule is C[C@H](NCC(O)C(F)(F)F)c1cccs1. The molecule has 0 amide bonds. The van der Waals surface area contributed by atoms with Gasteiger partial charge in [0, 0.05) is 17.5 Å². The summed E-state index contributed by atoms with van der Waals surface area (Å²) in [6.45, 7) is 1.28. The van der Waals surface area contributed by atoms with E-state index in [1.54, 1.807) is 6.92 Å². The molecule has 2 nitrogen and oxygen atoms in total. The summed E-state index contributed by atoms with van der Waals surface area (Å²) in [4.78, 5) is 0.948. The predicted molar refractivity (Wildman–Crippen MR) is 52.8 cm³/mol. The second kappa shape index (κ2) is 4.96. The molecule has 1 aromatic rings. The van der Waals surface area contributed by atoms with Gasteiger partial charge in [0.2, 0.25) is 0 Å². The van der Waals surface area contributed by atoms with Crippen LogP contribution in [0.3, 0.4) is 0 Å². The number of alkyl halides is 3. The highest BCUT2D eigenvalue weighted by molar-refractivity contribution is 7.10. The minimum absolute atomic E-state index is 0.179. The van der Waals surface area contributed by atoms with Gasteiger partial charge in [-0.25, -0.2) is 0 Å². The number of nitrogens with one attached hydrogen (secondary N) is 1. The van der Waals surface area contributed by atoms with Crippen molar-refractivity contribution in [1.82, 2.24) is 5.32 Å². The number of thiophene rings is 1. The van der Waals surface area contributed by atoms with Gasteiger partial charge >= 0.3 is 6.18 Å². The van der Waals surface area contributed by atoms with Gasteiger partial charge in [-0.3, -0.25) is 0 Å². The largest absolute Gasteiger partial charge is 0.415 e. The maximum absolute atomic E-state index is 12.0. The first-order valence-corrected chi connectivity index (χ1v) is 5.31. The lowest BCUT2D eigenvalue weighted by Crippen LogP contribution is -2.39. The van der Waals surface area contributed by atoms with E-state index in [1.807, 2.05) is 17.5 Å². The van der Waals surface area contributed by atoms with Crippen molar-refractivity contribution in [3.8, 4) is 0 Å². The first kappa shape index (κ1) is 12.5. The van der Waals surface area contributed by atoms with Crippen molar-refractivity contribution in [3.63, 3.8) is 0 Å². The van der Waals surface area contributed by atoms with Crippen molar-refractivity contribution in [2.75, 3.05) is 6.54 Å². The Kier molecular flexibility index (Phi) is 4.12. The zero-order valence-corrected chi connectivity index (χ0v) is 8.90. The van der Waals surface area contributed by atoms with Crippen LogP contribution < -0.4 is 5.32 Å². The number of hydrogen-bond donors (Lipinski definition) is 2. The molecule has 2 N–H and O–H groups in total. The number of aliphatic hydroxyl groups excluding tert-OH is 1. The quantitative estimate of drug-likeness (QED) is 0.845. The van der Waals surface area contributed by atoms with E-state index in [2.05, 4.69) is 5.32 Å². The summed E-state index contributed by atoms with van der Waals surface area (Å²) < 4.78 is 35.9. The van der Waals surface area contributed by atoms with Crippen molar-refractivity contribution in [2.24, 2.45) is 0 Å². The van der Waals surface area contributed by atoms with Crippen LogP contribution in [0.2, 0.25) is 0 Å². The summed E-state index contributed by atoms with van der Waals surface area (Å²) in [5, 5.41) is 13.2. The molecule has 0 aliphatic heterocycles. The molecule has 6 heteroatoms. The molecule has 0 aliphatic rings. The minimum atomic E-state index is -4.55. The van der Waals surface area contributed by atoms with Crippen molar-refractivity contribution in [3.05, 3.63) is 22.4 Å². The van der Waals surface area contributed by atoms with E-state index in [1.165, 1.54) is 11.3 Å². The van der Waals surface area contributed by atoms with Crippen LogP contribution in [-0.2, 0) is 0 Å². The monoisotopic (exact) mass is 239 g/mol. The summed E-state index contributed by atoms with van der Waals surface area (Å²) in [7, 11) is 0. The third-order valence-corrected chi connectivity index (χ3v) is 3.02. The molecule has 0 spiro atoms. The lowest BCUT2D eigenvalue weighted by Gasteiger charge is -2.18. The van der Waals surface area contributed by atoms with Crippen LogP contribution in [0.4, 0.5) is 13.2 Å². The molecule has 86 valence electrons. The Morgan fingerprint density at radius 3 is 2.67 bits per heavy atom. The van der Waals surface area contributed by atoms with Crippen LogP contribution in [0.25, 0.3) is 0 Å². The number of halogens is 3. The number of hydrogen-bond acceptors (Lipinski definition) is 3. The fourth-order valence-corrected chi connectivity index (χ4v) is 1.80. The fourth-order valence-electron chi connectivity index (χ4n) is 1.04. The maximum Gasteiger partial charge on any atom is 0.415 e. The van der Waals surface area contributed by atoms with E-state index in [0.717, 1.165) is 4.88 Å². The lowest BCUT2D eigenvalue weighted by atomic mass is 10.2. The molecule has 1 heterocycles. The topological polar surface area (TPSA) is 32.3 Å². The van der Waals surface area contributed by atoms with Gasteiger partial charge in [0.15, 0.2) is 6.10 Å². The van der Waals surface area contributed by atoms with Crippen LogP contribution in [-0.4, -0.2) is 23.9 Å². The lowest BCUT2D eigenvalue weighted by molar-refractivity contribution is -0.202. The second-order valence-electron chi connectivity index (χ2n) is 3.20. The number of aliphatic hydroxyl groups is 1. The first-order chi connectivity index (χ1) is 6.91. The van der Waals surface area contributed by atoms with Crippen LogP contribution in [0.15, 0.2) is 17.5 Å². The third-order valence-electron chi connectivity index (χ3n) is 1.97. The van der Waals surface area contributed by atoms with Crippen molar-refractivity contribution < 1.29 is 18.3 Å². The Labute approximate surface area is 89.7 Å². The first-order valence-electron chi connectivity index (χ1n) is 4.43. The molecule has 0 radical (unpaired) electrons. The molecule has 0 aliphatic carbocycles. The molecule has 0 saturated carbocycles. The van der Waals surface area contributed by atoms with E-state index in [4.69, 9.17) is 5.11 Å². The van der Waals surface area contributed by atoms with E-state index in [0.29, 0.717) is 0 Å². The molecule has 0 fully saturated rings. The summed E-state index contributed by atoms with van der Waals surface area (Å²) in [6, 6.07) is 3.49. The molecule has 0 saturated heterocycles. The van der Waals surface area contributed by atoms with Gasteiger partial charge in [-0.05, 0) is 18.4 Å². The Morgan fingerprint density at radius 2 is 2.20 bits per heavy atom. The summed E-state index contributed by atoms with van der Waals surface area (Å²) in [5.74, 6) is 0. The standard InChI is InChI=1S/C9H12F3NOS/c1-6(7-3-2-4-15-7)13-5-8(14)9(10,11)12/h2-4,6,8,13-14H,5H2,1H3/t6-,8?/m0/s1. The zero-order valence-electron chi connectivity index (χ0n) is 8.08. The van der Waals surface area contributed by atoms with Gasteiger partial charge in [0.25, 0.3) is 0 Å². The maximum atomic E-state index is 12.0. The fraction of sp³-hybridized carbons (Fsp3) is 0.556. The van der Waals surface area contributed by atoms with Gasteiger partial charge in [-0.1, -0.05) is 6.07 Å². The molecule has 0 bridgehead atoms. The molecule has 15 heavy (non-hydrogen) atoms. The van der Waals surface area contributed by atoms with Crippen molar-refractivity contribution >= 4 is 11.3 Å². The van der Waals surface area contributed by atoms with Crippen LogP contribution >= 0.6 is 11.3 Å². The Morgan fingerprint density at radius 1 is 1.53 bits per heavy atom. The van der Waals surface area contributed by atoms with Gasteiger partial charge in [0.1, 0.15) is 0 Å². The highest BCUT2D eigenvalue weighted by Crippen LogP contribution is 2.21. The highest BCUT2D eigenvalue weighted by atomic mass is 32.1. The second-order valence-corrected chi connectivity index (χ2v) is 4.18. The molecular formula is C9H12F3NOS. The van der Waals surface area contributed by atoms with E-state index in [-0.39, 0.29) is 6.04 Å². The molecule has 1 aromatic heterocycles. The van der Waals surface area contributed by atoms with E-state index < -0.39 is 18.8 Å². The van der Waals surface area contributed by atoms with Crippen LogP contribution in [0, 0.1) is 0 Å². The van der Waals surface area contributed by atoms with Gasteiger partial charge in [0.05, 0.1) is 0 Å². The van der Waals surface area contributed by atoms with E-state index in [9.17, 15) is 13.2 Å². The molecule has 1 rings (SSSR count). The zero-order chi connectivity index (χ0) is 11.5. The average Bonchev–Trinajstić information content (AvgIpc) is 2.64. The minimum Gasteiger partial charge on any atom is -0.382 e. The average molecular weight is 239 g/mol. The van der Waals surface area contributed by atoms with E-state index >= 15 is 0 Å². The Bertz CT molecular complexity index is 286. The normalized spacial score (nSPS) is 16.3. The summed E-state index contributed by atoms with van der Waals surface area (Å²) >= 11 is 1.46. The van der Waals surface area contributed by atoms with Gasteiger partial charge in [-0.2, -0.15) is 13.2 Å². The Hall–Kier alpha value is -0.590. The number of rotatable bonds is 4. The predicted octanol–water partition coefficient (Wildman–Crippen LogP) is 2.32. The van der Waals surface area contributed by atoms with Gasteiger partial charge < -0.3 is 10.4 Å². The highest BCUT2D eigenvalue weighted by Gasteiger charge is 2.37. The molecule has 2 atom stereocenters. The summed E-state index contributed by atoms with van der Waals surface area (Å²) in [6.07, 6.45) is -6.86. The third kappa shape index (κ3) is 3.81. The van der Waals surface area contributed by atoms with Crippen LogP contribution in [0.1, 0.15) is 17.8 Å². The van der Waals surface area contributed by atoms with Crippen LogP contribution in [0.5, 0.6) is 0 Å². The molecular weight excluding hydrogens is 227 g/mol. The Balaban J connectivity index is 2.38. The van der Waals surface area contributed by atoms with Crippen molar-refractivity contribution in [2.45, 2.75) is 25.2 Å². The van der Waals surface area contributed by atoms with Gasteiger partial charge in [-0.15, -0.1) is 11.3 Å². The molecule has 1 unspecified atom stereocenters. The smallest absolute Gasteiger partial charge is 0.382 e. The van der Waals surface area contributed by atoms with Crippen molar-refractivity contribution in [1.29, 1.82) is 0 Å².